The molecule has 0 unspecified atom stereocenters. The molecular formula is C13H11Br2ClN2O. The molecule has 0 saturated heterocycles. The Morgan fingerprint density at radius 1 is 1.42 bits per heavy atom. The molecular weight excluding hydrogens is 395 g/mol. The molecule has 3 nitrogen and oxygen atoms in total. The van der Waals surface area contributed by atoms with Crippen molar-refractivity contribution in [2.45, 2.75) is 19.9 Å². The smallest absolute Gasteiger partial charge is 0.213 e. The molecule has 0 saturated carbocycles. The standard InChI is InChI=1S/C13H11Br2ClN2O/c1-2-5-18-12(10(15)7-17-18)13(19)9-4-3-8(14)6-11(9)16/h3-4,6-7H,2,5H2,1H3. The van der Waals surface area contributed by atoms with E-state index in [0.29, 0.717) is 27.3 Å². The van der Waals surface area contributed by atoms with E-state index in [1.54, 1.807) is 29.1 Å². The molecule has 19 heavy (non-hydrogen) atoms. The van der Waals surface area contributed by atoms with Gasteiger partial charge in [-0.15, -0.1) is 0 Å². The van der Waals surface area contributed by atoms with Crippen molar-refractivity contribution in [2.75, 3.05) is 0 Å². The van der Waals surface area contributed by atoms with Crippen LogP contribution in [0.2, 0.25) is 5.02 Å². The second-order valence-corrected chi connectivity index (χ2v) is 6.19. The zero-order chi connectivity index (χ0) is 14.0. The summed E-state index contributed by atoms with van der Waals surface area (Å²) in [5.74, 6) is -0.129. The van der Waals surface area contributed by atoms with E-state index in [-0.39, 0.29) is 5.78 Å². The van der Waals surface area contributed by atoms with Gasteiger partial charge in [-0.05, 0) is 40.5 Å². The fourth-order valence-corrected chi connectivity index (χ4v) is 3.01. The van der Waals surface area contributed by atoms with E-state index in [4.69, 9.17) is 11.6 Å². The maximum Gasteiger partial charge on any atom is 0.213 e. The first-order chi connectivity index (χ1) is 9.04. The van der Waals surface area contributed by atoms with Crippen molar-refractivity contribution in [1.82, 2.24) is 9.78 Å². The molecule has 0 fully saturated rings. The minimum absolute atomic E-state index is 0.129. The Kier molecular flexibility index (Phi) is 4.81. The number of hydrogen-bond donors (Lipinski definition) is 0. The maximum atomic E-state index is 12.6. The number of hydrogen-bond acceptors (Lipinski definition) is 2. The number of aromatic nitrogens is 2. The summed E-state index contributed by atoms with van der Waals surface area (Å²) in [6.45, 7) is 2.73. The lowest BCUT2D eigenvalue weighted by atomic mass is 10.1. The third-order valence-electron chi connectivity index (χ3n) is 2.62. The van der Waals surface area contributed by atoms with Crippen molar-refractivity contribution in [2.24, 2.45) is 0 Å². The highest BCUT2D eigenvalue weighted by Gasteiger charge is 2.20. The number of carbonyl (C=O) groups is 1. The highest BCUT2D eigenvalue weighted by molar-refractivity contribution is 9.10. The Morgan fingerprint density at radius 2 is 2.16 bits per heavy atom. The lowest BCUT2D eigenvalue weighted by Crippen LogP contribution is -2.12. The van der Waals surface area contributed by atoms with Gasteiger partial charge >= 0.3 is 0 Å². The van der Waals surface area contributed by atoms with Crippen LogP contribution in [0.25, 0.3) is 0 Å². The molecule has 2 aromatic rings. The molecule has 0 atom stereocenters. The molecule has 6 heteroatoms. The Morgan fingerprint density at radius 3 is 2.79 bits per heavy atom. The average Bonchev–Trinajstić information content (AvgIpc) is 2.70. The van der Waals surface area contributed by atoms with Gasteiger partial charge in [0.15, 0.2) is 0 Å². The third kappa shape index (κ3) is 3.09. The van der Waals surface area contributed by atoms with Crippen molar-refractivity contribution in [3.8, 4) is 0 Å². The summed E-state index contributed by atoms with van der Waals surface area (Å²) in [4.78, 5) is 12.6. The van der Waals surface area contributed by atoms with Crippen molar-refractivity contribution < 1.29 is 4.79 Å². The summed E-state index contributed by atoms with van der Waals surface area (Å²) in [7, 11) is 0. The Labute approximate surface area is 133 Å². The first-order valence-corrected chi connectivity index (χ1v) is 7.72. The fraction of sp³-hybridized carbons (Fsp3) is 0.231. The van der Waals surface area contributed by atoms with E-state index in [2.05, 4.69) is 37.0 Å². The number of carbonyl (C=O) groups excluding carboxylic acids is 1. The van der Waals surface area contributed by atoms with Crippen LogP contribution in [0.3, 0.4) is 0 Å². The molecule has 100 valence electrons. The van der Waals surface area contributed by atoms with Gasteiger partial charge < -0.3 is 0 Å². The number of rotatable bonds is 4. The van der Waals surface area contributed by atoms with Gasteiger partial charge in [0.1, 0.15) is 5.69 Å². The molecule has 2 rings (SSSR count). The molecule has 0 aliphatic heterocycles. The number of benzene rings is 1. The fourth-order valence-electron chi connectivity index (χ4n) is 1.77. The molecule has 1 heterocycles. The molecule has 1 aromatic heterocycles. The third-order valence-corrected chi connectivity index (χ3v) is 4.01. The maximum absolute atomic E-state index is 12.6. The minimum atomic E-state index is -0.129. The monoisotopic (exact) mass is 404 g/mol. The van der Waals surface area contributed by atoms with Crippen LogP contribution in [-0.2, 0) is 6.54 Å². The van der Waals surface area contributed by atoms with Gasteiger partial charge in [-0.3, -0.25) is 9.48 Å². The summed E-state index contributed by atoms with van der Waals surface area (Å²) in [5.41, 5.74) is 1.01. The lowest BCUT2D eigenvalue weighted by molar-refractivity contribution is 0.102. The van der Waals surface area contributed by atoms with Crippen molar-refractivity contribution in [3.63, 3.8) is 0 Å². The van der Waals surface area contributed by atoms with Gasteiger partial charge in [0.05, 0.1) is 15.7 Å². The first-order valence-electron chi connectivity index (χ1n) is 5.75. The summed E-state index contributed by atoms with van der Waals surface area (Å²) < 4.78 is 3.23. The van der Waals surface area contributed by atoms with Crippen molar-refractivity contribution >= 4 is 49.2 Å². The quantitative estimate of drug-likeness (QED) is 0.690. The zero-order valence-electron chi connectivity index (χ0n) is 10.2. The summed E-state index contributed by atoms with van der Waals surface area (Å²) in [5, 5.41) is 4.62. The average molecular weight is 407 g/mol. The summed E-state index contributed by atoms with van der Waals surface area (Å²) >= 11 is 12.8. The summed E-state index contributed by atoms with van der Waals surface area (Å²) in [6, 6.07) is 5.22. The van der Waals surface area contributed by atoms with E-state index in [0.717, 1.165) is 10.9 Å². The van der Waals surface area contributed by atoms with Crippen molar-refractivity contribution in [1.29, 1.82) is 0 Å². The number of halogens is 3. The second-order valence-electron chi connectivity index (χ2n) is 4.02. The van der Waals surface area contributed by atoms with Crippen LogP contribution in [0.5, 0.6) is 0 Å². The van der Waals surface area contributed by atoms with Crippen LogP contribution in [0.15, 0.2) is 33.3 Å². The normalized spacial score (nSPS) is 10.7. The first kappa shape index (κ1) is 14.8. The van der Waals surface area contributed by atoms with Crippen LogP contribution in [0.4, 0.5) is 0 Å². The molecule has 0 radical (unpaired) electrons. The zero-order valence-corrected chi connectivity index (χ0v) is 14.1. The van der Waals surface area contributed by atoms with E-state index < -0.39 is 0 Å². The van der Waals surface area contributed by atoms with Crippen molar-refractivity contribution in [3.05, 3.63) is 49.6 Å². The van der Waals surface area contributed by atoms with Crippen LogP contribution < -0.4 is 0 Å². The molecule has 0 bridgehead atoms. The highest BCUT2D eigenvalue weighted by atomic mass is 79.9. The number of aryl methyl sites for hydroxylation is 1. The highest BCUT2D eigenvalue weighted by Crippen LogP contribution is 2.26. The Bertz CT molecular complexity index is 625. The second kappa shape index (κ2) is 6.20. The van der Waals surface area contributed by atoms with Gasteiger partial charge in [0, 0.05) is 16.6 Å². The predicted octanol–water partition coefficient (Wildman–Crippen LogP) is 4.70. The van der Waals surface area contributed by atoms with Gasteiger partial charge in [-0.25, -0.2) is 0 Å². The van der Waals surface area contributed by atoms with E-state index in [1.165, 1.54) is 0 Å². The van der Waals surface area contributed by atoms with Crippen LogP contribution in [0.1, 0.15) is 29.4 Å². The molecule has 0 aliphatic rings. The molecule has 0 spiro atoms. The number of nitrogens with zero attached hydrogens (tertiary/aromatic N) is 2. The topological polar surface area (TPSA) is 34.9 Å². The Hall–Kier alpha value is -0.650. The van der Waals surface area contributed by atoms with Crippen LogP contribution in [-0.4, -0.2) is 15.6 Å². The molecule has 0 N–H and O–H groups in total. The molecule has 0 amide bonds. The number of ketones is 1. The van der Waals surface area contributed by atoms with Gasteiger partial charge in [-0.2, -0.15) is 5.10 Å². The van der Waals surface area contributed by atoms with Gasteiger partial charge in [-0.1, -0.05) is 34.5 Å². The summed E-state index contributed by atoms with van der Waals surface area (Å²) in [6.07, 6.45) is 2.54. The van der Waals surface area contributed by atoms with Crippen LogP contribution >= 0.6 is 43.5 Å². The van der Waals surface area contributed by atoms with E-state index >= 15 is 0 Å². The largest absolute Gasteiger partial charge is 0.287 e. The van der Waals surface area contributed by atoms with E-state index in [1.807, 2.05) is 6.92 Å². The SMILES string of the molecule is CCCn1ncc(Br)c1C(=O)c1ccc(Br)cc1Cl. The van der Waals surface area contributed by atoms with Gasteiger partial charge in [0.2, 0.25) is 5.78 Å². The van der Waals surface area contributed by atoms with Crippen LogP contribution in [0, 0.1) is 0 Å². The van der Waals surface area contributed by atoms with Gasteiger partial charge in [0.25, 0.3) is 0 Å². The molecule has 1 aromatic carbocycles. The minimum Gasteiger partial charge on any atom is -0.287 e. The predicted molar refractivity (Wildman–Crippen MR) is 82.8 cm³/mol. The Balaban J connectivity index is 2.46. The molecule has 0 aliphatic carbocycles. The van der Waals surface area contributed by atoms with E-state index in [9.17, 15) is 4.79 Å². The lowest BCUT2D eigenvalue weighted by Gasteiger charge is -2.07.